The van der Waals surface area contributed by atoms with Crippen molar-refractivity contribution in [3.8, 4) is 5.75 Å². The van der Waals surface area contributed by atoms with Gasteiger partial charge in [0.15, 0.2) is 0 Å². The van der Waals surface area contributed by atoms with Gasteiger partial charge in [-0.05, 0) is 68.2 Å². The van der Waals surface area contributed by atoms with Crippen molar-refractivity contribution in [1.29, 1.82) is 0 Å². The summed E-state index contributed by atoms with van der Waals surface area (Å²) in [4.78, 5) is 0. The number of hydrogen-bond donors (Lipinski definition) is 1. The molecule has 4 unspecified atom stereocenters. The van der Waals surface area contributed by atoms with Gasteiger partial charge in [0.25, 0.3) is 0 Å². The Balaban J connectivity index is 2.21. The van der Waals surface area contributed by atoms with Crippen molar-refractivity contribution < 1.29 is 4.74 Å². The maximum atomic E-state index is 6.31. The Morgan fingerprint density at radius 2 is 1.79 bits per heavy atom. The average Bonchev–Trinajstić information content (AvgIpc) is 2.29. The summed E-state index contributed by atoms with van der Waals surface area (Å²) >= 11 is 0. The Morgan fingerprint density at radius 1 is 1.11 bits per heavy atom. The standard InChI is InChI=1S/C17H27NO/c1-10-7-13(4)17(15(18)8-10)19-16-9-11(2)6-12(3)14(16)5/h6,9-10,13,15,17H,7-8,18H2,1-5H3. The topological polar surface area (TPSA) is 35.2 Å². The minimum atomic E-state index is 0.149. The molecule has 2 heteroatoms. The summed E-state index contributed by atoms with van der Waals surface area (Å²) < 4.78 is 6.30. The van der Waals surface area contributed by atoms with Gasteiger partial charge in [-0.3, -0.25) is 0 Å². The summed E-state index contributed by atoms with van der Waals surface area (Å²) in [6.45, 7) is 10.9. The van der Waals surface area contributed by atoms with Crippen molar-refractivity contribution in [3.05, 3.63) is 28.8 Å². The van der Waals surface area contributed by atoms with Crippen molar-refractivity contribution in [3.63, 3.8) is 0 Å². The highest BCUT2D eigenvalue weighted by Gasteiger charge is 2.33. The van der Waals surface area contributed by atoms with Crippen molar-refractivity contribution in [2.24, 2.45) is 17.6 Å². The lowest BCUT2D eigenvalue weighted by Crippen LogP contribution is -2.48. The van der Waals surface area contributed by atoms with E-state index in [2.05, 4.69) is 46.8 Å². The number of benzene rings is 1. The van der Waals surface area contributed by atoms with Gasteiger partial charge >= 0.3 is 0 Å². The van der Waals surface area contributed by atoms with Crippen LogP contribution in [0.15, 0.2) is 12.1 Å². The lowest BCUT2D eigenvalue weighted by molar-refractivity contribution is 0.0620. The normalized spacial score (nSPS) is 31.3. The second-order valence-corrected chi connectivity index (χ2v) is 6.51. The van der Waals surface area contributed by atoms with E-state index in [-0.39, 0.29) is 12.1 Å². The maximum Gasteiger partial charge on any atom is 0.123 e. The number of rotatable bonds is 2. The third-order valence-corrected chi connectivity index (χ3v) is 4.46. The zero-order chi connectivity index (χ0) is 14.2. The van der Waals surface area contributed by atoms with E-state index >= 15 is 0 Å². The molecule has 0 saturated heterocycles. The van der Waals surface area contributed by atoms with E-state index < -0.39 is 0 Å². The number of hydrogen-bond acceptors (Lipinski definition) is 2. The molecule has 1 fully saturated rings. The zero-order valence-corrected chi connectivity index (χ0v) is 12.9. The van der Waals surface area contributed by atoms with E-state index in [1.807, 2.05) is 0 Å². The van der Waals surface area contributed by atoms with Crippen LogP contribution in [0.25, 0.3) is 0 Å². The van der Waals surface area contributed by atoms with Gasteiger partial charge in [0.1, 0.15) is 11.9 Å². The number of aryl methyl sites for hydroxylation is 2. The van der Waals surface area contributed by atoms with Crippen LogP contribution in [0.2, 0.25) is 0 Å². The van der Waals surface area contributed by atoms with Crippen molar-refractivity contribution >= 4 is 0 Å². The molecule has 0 radical (unpaired) electrons. The second kappa shape index (κ2) is 5.54. The van der Waals surface area contributed by atoms with Gasteiger partial charge in [0.05, 0.1) is 0 Å². The number of ether oxygens (including phenoxy) is 1. The molecule has 0 aliphatic heterocycles. The monoisotopic (exact) mass is 261 g/mol. The molecular formula is C17H27NO. The van der Waals surface area contributed by atoms with Crippen LogP contribution >= 0.6 is 0 Å². The predicted octanol–water partition coefficient (Wildman–Crippen LogP) is 3.75. The van der Waals surface area contributed by atoms with Gasteiger partial charge in [-0.15, -0.1) is 0 Å². The second-order valence-electron chi connectivity index (χ2n) is 6.51. The minimum absolute atomic E-state index is 0.149. The molecule has 106 valence electrons. The molecule has 2 rings (SSSR count). The van der Waals surface area contributed by atoms with Crippen LogP contribution in [0.4, 0.5) is 0 Å². The molecule has 0 heterocycles. The fraction of sp³-hybridized carbons (Fsp3) is 0.647. The fourth-order valence-electron chi connectivity index (χ4n) is 3.36. The summed E-state index contributed by atoms with van der Waals surface area (Å²) in [5.41, 5.74) is 10.1. The van der Waals surface area contributed by atoms with Gasteiger partial charge in [-0.1, -0.05) is 19.9 Å². The number of nitrogens with two attached hydrogens (primary N) is 1. The summed E-state index contributed by atoms with van der Waals surface area (Å²) in [7, 11) is 0. The average molecular weight is 261 g/mol. The van der Waals surface area contributed by atoms with Crippen molar-refractivity contribution in [2.75, 3.05) is 0 Å². The van der Waals surface area contributed by atoms with E-state index in [4.69, 9.17) is 10.5 Å². The van der Waals surface area contributed by atoms with Gasteiger partial charge in [0.2, 0.25) is 0 Å². The summed E-state index contributed by atoms with van der Waals surface area (Å²) in [5.74, 6) is 2.25. The molecule has 2 N–H and O–H groups in total. The quantitative estimate of drug-likeness (QED) is 0.880. The molecule has 0 aromatic heterocycles. The summed E-state index contributed by atoms with van der Waals surface area (Å²) in [6, 6.07) is 4.49. The summed E-state index contributed by atoms with van der Waals surface area (Å²) in [6.07, 6.45) is 2.43. The molecule has 0 bridgehead atoms. The lowest BCUT2D eigenvalue weighted by Gasteiger charge is -2.38. The largest absolute Gasteiger partial charge is 0.488 e. The van der Waals surface area contributed by atoms with Crippen LogP contribution in [0.3, 0.4) is 0 Å². The first-order valence-electron chi connectivity index (χ1n) is 7.38. The van der Waals surface area contributed by atoms with E-state index in [1.54, 1.807) is 0 Å². The third-order valence-electron chi connectivity index (χ3n) is 4.46. The molecule has 4 atom stereocenters. The van der Waals surface area contributed by atoms with Crippen LogP contribution in [0.1, 0.15) is 43.4 Å². The molecule has 0 amide bonds. The van der Waals surface area contributed by atoms with Crippen molar-refractivity contribution in [1.82, 2.24) is 0 Å². The fourth-order valence-corrected chi connectivity index (χ4v) is 3.36. The Bertz CT molecular complexity index is 443. The first-order chi connectivity index (χ1) is 8.88. The van der Waals surface area contributed by atoms with Crippen LogP contribution in [0.5, 0.6) is 5.75 Å². The van der Waals surface area contributed by atoms with Gasteiger partial charge < -0.3 is 10.5 Å². The molecule has 2 nitrogen and oxygen atoms in total. The molecule has 1 aliphatic rings. The van der Waals surface area contributed by atoms with Crippen LogP contribution in [0, 0.1) is 32.6 Å². The molecular weight excluding hydrogens is 234 g/mol. The predicted molar refractivity (Wildman–Crippen MR) is 80.6 cm³/mol. The van der Waals surface area contributed by atoms with E-state index in [0.717, 1.165) is 12.2 Å². The van der Waals surface area contributed by atoms with Crippen LogP contribution < -0.4 is 10.5 Å². The van der Waals surface area contributed by atoms with E-state index in [0.29, 0.717) is 11.8 Å². The first-order valence-corrected chi connectivity index (χ1v) is 7.38. The Hall–Kier alpha value is -1.02. The van der Waals surface area contributed by atoms with Crippen LogP contribution in [-0.4, -0.2) is 12.1 Å². The highest BCUT2D eigenvalue weighted by Crippen LogP contribution is 2.33. The van der Waals surface area contributed by atoms with Gasteiger partial charge in [-0.25, -0.2) is 0 Å². The first kappa shape index (κ1) is 14.4. The van der Waals surface area contributed by atoms with Gasteiger partial charge in [-0.2, -0.15) is 0 Å². The van der Waals surface area contributed by atoms with E-state index in [1.165, 1.54) is 23.1 Å². The molecule has 1 aromatic carbocycles. The van der Waals surface area contributed by atoms with E-state index in [9.17, 15) is 0 Å². The van der Waals surface area contributed by atoms with Gasteiger partial charge in [0, 0.05) is 6.04 Å². The maximum absolute atomic E-state index is 6.31. The highest BCUT2D eigenvalue weighted by atomic mass is 16.5. The molecule has 1 aliphatic carbocycles. The molecule has 19 heavy (non-hydrogen) atoms. The zero-order valence-electron chi connectivity index (χ0n) is 12.9. The van der Waals surface area contributed by atoms with Crippen molar-refractivity contribution in [2.45, 2.75) is 59.6 Å². The third kappa shape index (κ3) is 3.11. The smallest absolute Gasteiger partial charge is 0.123 e. The Morgan fingerprint density at radius 3 is 2.42 bits per heavy atom. The molecule has 1 aromatic rings. The minimum Gasteiger partial charge on any atom is -0.488 e. The highest BCUT2D eigenvalue weighted by molar-refractivity contribution is 5.42. The Labute approximate surface area is 117 Å². The molecule has 1 saturated carbocycles. The molecule has 0 spiro atoms. The summed E-state index contributed by atoms with van der Waals surface area (Å²) in [5, 5.41) is 0. The Kier molecular flexibility index (Phi) is 4.19. The lowest BCUT2D eigenvalue weighted by atomic mass is 9.78. The SMILES string of the molecule is Cc1cc(C)c(C)c(OC2C(C)CC(C)CC2N)c1. The van der Waals surface area contributed by atoms with Crippen LogP contribution in [-0.2, 0) is 0 Å².